The summed E-state index contributed by atoms with van der Waals surface area (Å²) in [5.74, 6) is 1.40. The van der Waals surface area contributed by atoms with Crippen molar-refractivity contribution in [1.82, 2.24) is 30.7 Å². The minimum atomic E-state index is -0.0656. The van der Waals surface area contributed by atoms with Crippen molar-refractivity contribution in [3.8, 4) is 0 Å². The molecule has 0 aliphatic heterocycles. The number of carbonyl (C=O) groups is 1. The molecule has 1 heterocycles. The van der Waals surface area contributed by atoms with Crippen molar-refractivity contribution in [3.05, 3.63) is 47.5 Å². The Bertz CT molecular complexity index is 708. The van der Waals surface area contributed by atoms with E-state index in [1.807, 2.05) is 32.2 Å². The molecule has 1 amide bonds. The first kappa shape index (κ1) is 17.5. The van der Waals surface area contributed by atoms with Crippen LogP contribution in [0.2, 0.25) is 0 Å². The molecule has 8 nitrogen and oxygen atoms in total. The first-order chi connectivity index (χ1) is 11.6. The van der Waals surface area contributed by atoms with Gasteiger partial charge in [-0.15, -0.1) is 0 Å². The fraction of sp³-hybridized carbons (Fsp3) is 0.375. The predicted molar refractivity (Wildman–Crippen MR) is 92.5 cm³/mol. The molecule has 0 aliphatic carbocycles. The number of guanidine groups is 1. The lowest BCUT2D eigenvalue weighted by atomic mass is 10.1. The van der Waals surface area contributed by atoms with Gasteiger partial charge in [-0.1, -0.05) is 12.1 Å². The largest absolute Gasteiger partial charge is 0.352 e. The number of carbonyl (C=O) groups excluding carboxylic acids is 1. The third-order valence-electron chi connectivity index (χ3n) is 3.43. The molecule has 128 valence electrons. The van der Waals surface area contributed by atoms with Gasteiger partial charge in [-0.05, 0) is 24.6 Å². The van der Waals surface area contributed by atoms with Crippen LogP contribution in [0.15, 0.2) is 35.6 Å². The number of aryl methyl sites for hydroxylation is 1. The van der Waals surface area contributed by atoms with E-state index in [2.05, 4.69) is 31.0 Å². The van der Waals surface area contributed by atoms with Crippen LogP contribution in [0.5, 0.6) is 0 Å². The van der Waals surface area contributed by atoms with Gasteiger partial charge in [0.25, 0.3) is 5.91 Å². The molecule has 0 radical (unpaired) electrons. The summed E-state index contributed by atoms with van der Waals surface area (Å²) in [5.41, 5.74) is 1.65. The summed E-state index contributed by atoms with van der Waals surface area (Å²) < 4.78 is 1.70. The minimum Gasteiger partial charge on any atom is -0.352 e. The van der Waals surface area contributed by atoms with Crippen LogP contribution in [0.3, 0.4) is 0 Å². The molecule has 0 fully saturated rings. The Morgan fingerprint density at radius 3 is 2.71 bits per heavy atom. The molecule has 24 heavy (non-hydrogen) atoms. The van der Waals surface area contributed by atoms with E-state index in [0.717, 1.165) is 11.4 Å². The number of rotatable bonds is 6. The van der Waals surface area contributed by atoms with Crippen LogP contribution in [0, 0.1) is 0 Å². The summed E-state index contributed by atoms with van der Waals surface area (Å²) in [7, 11) is 3.55. The van der Waals surface area contributed by atoms with Crippen LogP contribution in [-0.4, -0.2) is 40.2 Å². The average Bonchev–Trinajstić information content (AvgIpc) is 3.00. The Morgan fingerprint density at radius 1 is 1.25 bits per heavy atom. The van der Waals surface area contributed by atoms with Crippen LogP contribution in [0.25, 0.3) is 0 Å². The maximum absolute atomic E-state index is 11.9. The number of hydrogen-bond acceptors (Lipinski definition) is 4. The van der Waals surface area contributed by atoms with Gasteiger partial charge in [0.1, 0.15) is 12.2 Å². The molecule has 0 atom stereocenters. The Hall–Kier alpha value is -2.90. The molecule has 0 spiro atoms. The van der Waals surface area contributed by atoms with Crippen LogP contribution >= 0.6 is 0 Å². The lowest BCUT2D eigenvalue weighted by Gasteiger charge is -2.12. The highest BCUT2D eigenvalue weighted by Gasteiger charge is 2.06. The lowest BCUT2D eigenvalue weighted by Crippen LogP contribution is -2.37. The highest BCUT2D eigenvalue weighted by molar-refractivity contribution is 5.94. The monoisotopic (exact) mass is 329 g/mol. The van der Waals surface area contributed by atoms with Gasteiger partial charge in [0.15, 0.2) is 5.96 Å². The van der Waals surface area contributed by atoms with Crippen LogP contribution < -0.4 is 16.0 Å². The molecule has 0 saturated carbocycles. The van der Waals surface area contributed by atoms with Crippen LogP contribution in [0.1, 0.15) is 28.7 Å². The van der Waals surface area contributed by atoms with Gasteiger partial charge in [-0.3, -0.25) is 14.5 Å². The standard InChI is InChI=1S/C16H23N7O/c1-4-18-15(24)13-7-5-6-12(8-13)9-19-16(17-2)20-10-14-21-11-22-23(14)3/h5-8,11H,4,9-10H2,1-3H3,(H,18,24)(H2,17,19,20). The molecule has 3 N–H and O–H groups in total. The van der Waals surface area contributed by atoms with Crippen molar-refractivity contribution < 1.29 is 4.79 Å². The Balaban J connectivity index is 1.90. The van der Waals surface area contributed by atoms with Crippen molar-refractivity contribution in [2.45, 2.75) is 20.0 Å². The number of aromatic nitrogens is 3. The summed E-state index contributed by atoms with van der Waals surface area (Å²) in [6, 6.07) is 7.51. The average molecular weight is 329 g/mol. The molecular weight excluding hydrogens is 306 g/mol. The first-order valence-corrected chi connectivity index (χ1v) is 7.78. The molecule has 0 aliphatic rings. The van der Waals surface area contributed by atoms with Crippen molar-refractivity contribution in [3.63, 3.8) is 0 Å². The molecule has 1 aromatic heterocycles. The van der Waals surface area contributed by atoms with Gasteiger partial charge in [-0.25, -0.2) is 4.98 Å². The first-order valence-electron chi connectivity index (χ1n) is 7.78. The summed E-state index contributed by atoms with van der Waals surface area (Å²) in [4.78, 5) is 20.2. The van der Waals surface area contributed by atoms with E-state index in [1.165, 1.54) is 6.33 Å². The predicted octanol–water partition coefficient (Wildman–Crippen LogP) is 0.430. The number of aliphatic imine (C=N–C) groups is 1. The topological polar surface area (TPSA) is 96.2 Å². The second-order valence-electron chi connectivity index (χ2n) is 5.14. The smallest absolute Gasteiger partial charge is 0.251 e. The lowest BCUT2D eigenvalue weighted by molar-refractivity contribution is 0.0955. The highest BCUT2D eigenvalue weighted by atomic mass is 16.1. The molecule has 0 unspecified atom stereocenters. The molecule has 0 bridgehead atoms. The van der Waals surface area contributed by atoms with E-state index in [4.69, 9.17) is 0 Å². The number of nitrogens with zero attached hydrogens (tertiary/aromatic N) is 4. The fourth-order valence-corrected chi connectivity index (χ4v) is 2.13. The maximum Gasteiger partial charge on any atom is 0.251 e. The number of hydrogen-bond donors (Lipinski definition) is 3. The van der Waals surface area contributed by atoms with Gasteiger partial charge in [0, 0.05) is 32.7 Å². The summed E-state index contributed by atoms with van der Waals surface area (Å²) in [5, 5.41) is 13.2. The summed E-state index contributed by atoms with van der Waals surface area (Å²) in [6.07, 6.45) is 1.51. The molecular formula is C16H23N7O. The fourth-order valence-electron chi connectivity index (χ4n) is 2.13. The zero-order valence-electron chi connectivity index (χ0n) is 14.2. The normalized spacial score (nSPS) is 11.2. The maximum atomic E-state index is 11.9. The number of amides is 1. The van der Waals surface area contributed by atoms with Crippen molar-refractivity contribution in [1.29, 1.82) is 0 Å². The summed E-state index contributed by atoms with van der Waals surface area (Å²) >= 11 is 0. The Labute approximate surface area is 141 Å². The van der Waals surface area contributed by atoms with Gasteiger partial charge in [0.2, 0.25) is 0 Å². The number of nitrogens with one attached hydrogen (secondary N) is 3. The Morgan fingerprint density at radius 2 is 2.04 bits per heavy atom. The summed E-state index contributed by atoms with van der Waals surface area (Å²) in [6.45, 7) is 3.59. The SMILES string of the molecule is CCNC(=O)c1cccc(CNC(=NC)NCc2ncnn2C)c1. The van der Waals surface area contributed by atoms with Gasteiger partial charge < -0.3 is 16.0 Å². The second-order valence-corrected chi connectivity index (χ2v) is 5.14. The van der Waals surface area contributed by atoms with Crippen molar-refractivity contribution in [2.24, 2.45) is 12.0 Å². The van der Waals surface area contributed by atoms with E-state index in [-0.39, 0.29) is 5.91 Å². The minimum absolute atomic E-state index is 0.0656. The van der Waals surface area contributed by atoms with E-state index >= 15 is 0 Å². The van der Waals surface area contributed by atoms with E-state index < -0.39 is 0 Å². The molecule has 0 saturated heterocycles. The van der Waals surface area contributed by atoms with Gasteiger partial charge in [-0.2, -0.15) is 5.10 Å². The quantitative estimate of drug-likeness (QED) is 0.527. The van der Waals surface area contributed by atoms with Crippen LogP contribution in [-0.2, 0) is 20.1 Å². The Kier molecular flexibility index (Phi) is 6.30. The highest BCUT2D eigenvalue weighted by Crippen LogP contribution is 2.05. The molecule has 2 rings (SSSR count). The zero-order valence-corrected chi connectivity index (χ0v) is 14.2. The molecule has 1 aromatic carbocycles. The third kappa shape index (κ3) is 4.80. The van der Waals surface area contributed by atoms with E-state index in [9.17, 15) is 4.79 Å². The van der Waals surface area contributed by atoms with Gasteiger partial charge >= 0.3 is 0 Å². The molecule has 8 heteroatoms. The van der Waals surface area contributed by atoms with E-state index in [1.54, 1.807) is 17.8 Å². The second kappa shape index (κ2) is 8.66. The molecule has 2 aromatic rings. The van der Waals surface area contributed by atoms with E-state index in [0.29, 0.717) is 31.2 Å². The third-order valence-corrected chi connectivity index (χ3v) is 3.43. The number of benzene rings is 1. The van der Waals surface area contributed by atoms with Crippen molar-refractivity contribution in [2.75, 3.05) is 13.6 Å². The zero-order chi connectivity index (χ0) is 17.4. The van der Waals surface area contributed by atoms with Gasteiger partial charge in [0.05, 0.1) is 6.54 Å². The van der Waals surface area contributed by atoms with Crippen molar-refractivity contribution >= 4 is 11.9 Å². The van der Waals surface area contributed by atoms with Crippen LogP contribution in [0.4, 0.5) is 0 Å².